The zero-order valence-electron chi connectivity index (χ0n) is 20.2. The third kappa shape index (κ3) is 5.49. The van der Waals surface area contributed by atoms with E-state index in [1.807, 2.05) is 48.5 Å². The van der Waals surface area contributed by atoms with Crippen molar-refractivity contribution in [1.29, 1.82) is 0 Å². The fourth-order valence-corrected chi connectivity index (χ4v) is 5.32. The number of esters is 1. The van der Waals surface area contributed by atoms with Crippen molar-refractivity contribution in [2.24, 2.45) is 11.8 Å². The number of rotatable bonds is 9. The molecular weight excluding hydrogens is 438 g/mol. The summed E-state index contributed by atoms with van der Waals surface area (Å²) in [6.07, 6.45) is 12.9. The highest BCUT2D eigenvalue weighted by atomic mass is 16.5. The van der Waals surface area contributed by atoms with E-state index in [0.717, 1.165) is 30.4 Å². The van der Waals surface area contributed by atoms with Crippen LogP contribution in [-0.2, 0) is 9.53 Å². The molecule has 182 valence electrons. The van der Waals surface area contributed by atoms with Gasteiger partial charge in [0.25, 0.3) is 0 Å². The Kier molecular flexibility index (Phi) is 7.73. The van der Waals surface area contributed by atoms with Gasteiger partial charge in [-0.05, 0) is 29.7 Å². The second kappa shape index (κ2) is 10.9. The Morgan fingerprint density at radius 2 is 1.91 bits per heavy atom. The summed E-state index contributed by atoms with van der Waals surface area (Å²) in [6, 6.07) is 17.3. The summed E-state index contributed by atoms with van der Waals surface area (Å²) in [5.41, 5.74) is 1.72. The van der Waals surface area contributed by atoms with Crippen molar-refractivity contribution in [2.75, 3.05) is 0 Å². The quantitative estimate of drug-likeness (QED) is 0.236. The number of amides is 1. The molecule has 1 saturated carbocycles. The summed E-state index contributed by atoms with van der Waals surface area (Å²) in [5.74, 6) is 1.84. The maximum atomic E-state index is 13.0. The maximum Gasteiger partial charge on any atom is 0.338 e. The molecule has 0 spiro atoms. The minimum atomic E-state index is -0.832. The lowest BCUT2D eigenvalue weighted by atomic mass is 9.84. The number of hydrogen-bond donors (Lipinski definition) is 2. The molecule has 2 aromatic carbocycles. The molecule has 2 fully saturated rings. The molecule has 1 saturated heterocycles. The van der Waals surface area contributed by atoms with Crippen molar-refractivity contribution in [2.45, 2.75) is 63.2 Å². The zero-order chi connectivity index (χ0) is 24.8. The average Bonchev–Trinajstić information content (AvgIpc) is 3.34. The number of aliphatic hydroxyl groups is 1. The second-order valence-electron chi connectivity index (χ2n) is 9.59. The molecule has 2 aliphatic rings. The molecule has 5 atom stereocenters. The van der Waals surface area contributed by atoms with Crippen molar-refractivity contribution in [1.82, 2.24) is 5.32 Å². The molecule has 2 N–H and O–H groups in total. The van der Waals surface area contributed by atoms with Crippen LogP contribution in [0.4, 0.5) is 0 Å². The Morgan fingerprint density at radius 1 is 1.20 bits per heavy atom. The summed E-state index contributed by atoms with van der Waals surface area (Å²) in [7, 11) is 0. The Balaban J connectivity index is 1.49. The minimum absolute atomic E-state index is 0.0869. The molecule has 1 amide bonds. The van der Waals surface area contributed by atoms with Crippen LogP contribution >= 0.6 is 0 Å². The number of nitrogens with one attached hydrogen (secondary N) is 1. The minimum Gasteiger partial charge on any atom is -0.458 e. The van der Waals surface area contributed by atoms with E-state index in [4.69, 9.17) is 11.2 Å². The molecule has 1 aliphatic heterocycles. The molecule has 1 heterocycles. The number of ether oxygens (including phenoxy) is 1. The monoisotopic (exact) mass is 471 g/mol. The van der Waals surface area contributed by atoms with Crippen molar-refractivity contribution < 1.29 is 19.4 Å². The smallest absolute Gasteiger partial charge is 0.338 e. The van der Waals surface area contributed by atoms with Gasteiger partial charge in [-0.1, -0.05) is 86.7 Å². The lowest BCUT2D eigenvalue weighted by molar-refractivity contribution is -0.120. The predicted octanol–water partition coefficient (Wildman–Crippen LogP) is 4.90. The van der Waals surface area contributed by atoms with E-state index >= 15 is 0 Å². The van der Waals surface area contributed by atoms with Crippen LogP contribution in [0.5, 0.6) is 0 Å². The van der Waals surface area contributed by atoms with Gasteiger partial charge in [0.15, 0.2) is 0 Å². The van der Waals surface area contributed by atoms with Crippen LogP contribution in [0.3, 0.4) is 0 Å². The number of hydrogen-bond acceptors (Lipinski definition) is 4. The first kappa shape index (κ1) is 24.8. The van der Waals surface area contributed by atoms with Gasteiger partial charge in [0.2, 0.25) is 5.91 Å². The third-order valence-corrected chi connectivity index (χ3v) is 7.22. The van der Waals surface area contributed by atoms with Crippen LogP contribution in [0, 0.1) is 24.2 Å². The van der Waals surface area contributed by atoms with Crippen molar-refractivity contribution in [3.63, 3.8) is 0 Å². The summed E-state index contributed by atoms with van der Waals surface area (Å²) in [6.45, 7) is 2.12. The van der Waals surface area contributed by atoms with Gasteiger partial charge >= 0.3 is 5.97 Å². The highest BCUT2D eigenvalue weighted by molar-refractivity contribution is 5.90. The molecule has 0 bridgehead atoms. The van der Waals surface area contributed by atoms with Gasteiger partial charge in [-0.15, -0.1) is 6.42 Å². The summed E-state index contributed by atoms with van der Waals surface area (Å²) in [5, 5.41) is 13.3. The second-order valence-corrected chi connectivity index (χ2v) is 9.59. The molecule has 2 aromatic rings. The van der Waals surface area contributed by atoms with E-state index in [-0.39, 0.29) is 24.2 Å². The van der Waals surface area contributed by atoms with Gasteiger partial charge in [0.05, 0.1) is 11.7 Å². The van der Waals surface area contributed by atoms with Gasteiger partial charge in [-0.2, -0.15) is 0 Å². The first-order chi connectivity index (χ1) is 17.0. The third-order valence-electron chi connectivity index (χ3n) is 7.22. The predicted molar refractivity (Wildman–Crippen MR) is 136 cm³/mol. The highest BCUT2D eigenvalue weighted by Crippen LogP contribution is 2.48. The van der Waals surface area contributed by atoms with Crippen LogP contribution in [0.2, 0.25) is 0 Å². The number of carbonyl (C=O) groups excluding carboxylic acids is 2. The van der Waals surface area contributed by atoms with E-state index in [2.05, 4.69) is 18.2 Å². The van der Waals surface area contributed by atoms with E-state index in [0.29, 0.717) is 18.4 Å². The Labute approximate surface area is 207 Å². The van der Waals surface area contributed by atoms with Gasteiger partial charge < -0.3 is 15.2 Å². The highest BCUT2D eigenvalue weighted by Gasteiger charge is 2.58. The van der Waals surface area contributed by atoms with Crippen LogP contribution in [0.25, 0.3) is 11.1 Å². The van der Waals surface area contributed by atoms with Crippen LogP contribution in [0.1, 0.15) is 55.8 Å². The molecule has 5 heteroatoms. The molecule has 0 aromatic heterocycles. The van der Waals surface area contributed by atoms with Gasteiger partial charge in [-0.3, -0.25) is 4.79 Å². The van der Waals surface area contributed by atoms with Crippen molar-refractivity contribution in [3.8, 4) is 23.5 Å². The lowest BCUT2D eigenvalue weighted by Crippen LogP contribution is -2.42. The first-order valence-electron chi connectivity index (χ1n) is 12.5. The molecule has 35 heavy (non-hydrogen) atoms. The Morgan fingerprint density at radius 3 is 2.60 bits per heavy atom. The zero-order valence-corrected chi connectivity index (χ0v) is 20.2. The summed E-state index contributed by atoms with van der Waals surface area (Å²) in [4.78, 5) is 25.2. The largest absolute Gasteiger partial charge is 0.458 e. The number of unbranched alkanes of at least 4 members (excludes halogenated alkanes) is 2. The number of benzene rings is 2. The number of terminal acetylenes is 1. The molecule has 0 radical (unpaired) electrons. The first-order valence-corrected chi connectivity index (χ1v) is 12.5. The molecule has 1 aliphatic carbocycles. The van der Waals surface area contributed by atoms with E-state index < -0.39 is 23.7 Å². The van der Waals surface area contributed by atoms with Gasteiger partial charge in [0, 0.05) is 24.7 Å². The topological polar surface area (TPSA) is 75.6 Å². The standard InChI is InChI=1S/C30H33NO4/c1-3-5-7-12-24(32)17-18-25-26-19-28(33)31-30(26,4-2)20-27(25)35-29(34)23-15-13-22(14-16-23)21-10-8-6-9-11-21/h2,6,8-11,13-18,24-27,32H,3,5,7,12,19-20H2,1H3,(H,31,33)/t24-,25?,26?,27?,30?/m1/s1. The fourth-order valence-electron chi connectivity index (χ4n) is 5.32. The number of aliphatic hydroxyl groups excluding tert-OH is 1. The molecule has 4 unspecified atom stereocenters. The molecule has 5 nitrogen and oxygen atoms in total. The maximum absolute atomic E-state index is 13.0. The Bertz CT molecular complexity index is 1100. The Hall–Kier alpha value is -3.36. The number of fused-ring (bicyclic) bond motifs is 1. The summed E-state index contributed by atoms with van der Waals surface area (Å²) >= 11 is 0. The fraction of sp³-hybridized carbons (Fsp3) is 0.400. The van der Waals surface area contributed by atoms with Crippen LogP contribution in [0.15, 0.2) is 66.7 Å². The SMILES string of the molecule is C#CC12CC(OC(=O)c3ccc(-c4ccccc4)cc3)C(C=C[C@H](O)CCCCC)C1CC(=O)N2. The van der Waals surface area contributed by atoms with Crippen molar-refractivity contribution in [3.05, 3.63) is 72.3 Å². The van der Waals surface area contributed by atoms with Crippen molar-refractivity contribution >= 4 is 11.9 Å². The van der Waals surface area contributed by atoms with E-state index in [9.17, 15) is 14.7 Å². The van der Waals surface area contributed by atoms with Crippen LogP contribution in [-0.4, -0.2) is 34.7 Å². The van der Waals surface area contributed by atoms with Gasteiger partial charge in [0.1, 0.15) is 11.6 Å². The average molecular weight is 472 g/mol. The van der Waals surface area contributed by atoms with E-state index in [1.54, 1.807) is 18.2 Å². The summed E-state index contributed by atoms with van der Waals surface area (Å²) < 4.78 is 5.97. The van der Waals surface area contributed by atoms with E-state index in [1.165, 1.54) is 0 Å². The molecular formula is C30H33NO4. The van der Waals surface area contributed by atoms with Crippen LogP contribution < -0.4 is 5.32 Å². The van der Waals surface area contributed by atoms with Gasteiger partial charge in [-0.25, -0.2) is 4.79 Å². The lowest BCUT2D eigenvalue weighted by Gasteiger charge is -2.23. The number of carbonyl (C=O) groups is 2. The normalized spacial score (nSPS) is 26.2. The molecule has 4 rings (SSSR count).